The molecule has 0 bridgehead atoms. The van der Waals surface area contributed by atoms with Crippen LogP contribution in [-0.4, -0.2) is 27.6 Å². The van der Waals surface area contributed by atoms with Crippen LogP contribution in [0.5, 0.6) is 0 Å². The molecule has 0 radical (unpaired) electrons. The summed E-state index contributed by atoms with van der Waals surface area (Å²) < 4.78 is 6.42. The Morgan fingerprint density at radius 3 is 2.48 bits per heavy atom. The summed E-state index contributed by atoms with van der Waals surface area (Å²) in [5, 5.41) is 4.08. The van der Waals surface area contributed by atoms with E-state index in [1.165, 1.54) is 7.11 Å². The number of methoxy groups -OCH3 is 1. The lowest BCUT2D eigenvalue weighted by Gasteiger charge is -2.21. The van der Waals surface area contributed by atoms with Crippen molar-refractivity contribution in [1.29, 1.82) is 0 Å². The molecule has 0 saturated carbocycles. The van der Waals surface area contributed by atoms with Gasteiger partial charge in [-0.2, -0.15) is 4.98 Å². The first-order chi connectivity index (χ1) is 13.7. The maximum Gasteiger partial charge on any atom is 0.337 e. The number of rotatable bonds is 5. The molecule has 0 aliphatic rings. The molecule has 1 N–H and O–H groups in total. The number of carbonyl (C=O) groups excluding carboxylic acids is 1. The van der Waals surface area contributed by atoms with E-state index in [1.807, 2.05) is 19.1 Å². The smallest absolute Gasteiger partial charge is 0.337 e. The summed E-state index contributed by atoms with van der Waals surface area (Å²) in [4.78, 5) is 33.0. The molecule has 0 spiro atoms. The van der Waals surface area contributed by atoms with E-state index in [1.54, 1.807) is 35.0 Å². The Kier molecular flexibility index (Phi) is 5.68. The van der Waals surface area contributed by atoms with E-state index in [4.69, 9.17) is 4.74 Å². The van der Waals surface area contributed by atoms with E-state index in [-0.39, 0.29) is 23.0 Å². The standard InChI is InChI=1S/C22H26N4O3/c1-14(15-6-8-16(9-7-15)20(28)29-5)24-21-23-12-17-10-11-18(27)26(19(17)25-21)13-22(2,3)4/h6-12,14H,13H2,1-5H3,(H,23,24,25). The van der Waals surface area contributed by atoms with E-state index < -0.39 is 0 Å². The Bertz CT molecular complexity index is 1080. The molecule has 7 heteroatoms. The molecule has 1 aromatic carbocycles. The topological polar surface area (TPSA) is 86.1 Å². The fourth-order valence-electron chi connectivity index (χ4n) is 3.07. The summed E-state index contributed by atoms with van der Waals surface area (Å²) in [6.45, 7) is 8.79. The van der Waals surface area contributed by atoms with Gasteiger partial charge in [0.2, 0.25) is 5.95 Å². The molecular weight excluding hydrogens is 368 g/mol. The van der Waals surface area contributed by atoms with Crippen molar-refractivity contribution in [2.75, 3.05) is 12.4 Å². The summed E-state index contributed by atoms with van der Waals surface area (Å²) in [7, 11) is 1.36. The molecule has 0 aliphatic heterocycles. The predicted molar refractivity (Wildman–Crippen MR) is 113 cm³/mol. The van der Waals surface area contributed by atoms with Crippen LogP contribution in [0, 0.1) is 5.41 Å². The van der Waals surface area contributed by atoms with Crippen LogP contribution in [0.1, 0.15) is 49.7 Å². The molecule has 0 aliphatic carbocycles. The van der Waals surface area contributed by atoms with Gasteiger partial charge in [0, 0.05) is 24.2 Å². The molecule has 152 valence electrons. The molecule has 0 fully saturated rings. The van der Waals surface area contributed by atoms with Gasteiger partial charge in [0.25, 0.3) is 5.56 Å². The van der Waals surface area contributed by atoms with Crippen molar-refractivity contribution in [2.45, 2.75) is 40.3 Å². The van der Waals surface area contributed by atoms with E-state index in [2.05, 4.69) is 36.1 Å². The van der Waals surface area contributed by atoms with Gasteiger partial charge in [-0.15, -0.1) is 0 Å². The molecule has 29 heavy (non-hydrogen) atoms. The van der Waals surface area contributed by atoms with Crippen LogP contribution >= 0.6 is 0 Å². The van der Waals surface area contributed by atoms with Crippen LogP contribution < -0.4 is 10.9 Å². The third-order valence-corrected chi connectivity index (χ3v) is 4.53. The fraction of sp³-hybridized carbons (Fsp3) is 0.364. The van der Waals surface area contributed by atoms with Crippen LogP contribution in [-0.2, 0) is 11.3 Å². The number of nitrogens with one attached hydrogen (secondary N) is 1. The third-order valence-electron chi connectivity index (χ3n) is 4.53. The van der Waals surface area contributed by atoms with E-state index >= 15 is 0 Å². The number of aromatic nitrogens is 3. The Balaban J connectivity index is 1.89. The van der Waals surface area contributed by atoms with Crippen LogP contribution in [0.3, 0.4) is 0 Å². The molecule has 2 aromatic heterocycles. The number of carbonyl (C=O) groups is 1. The summed E-state index contributed by atoms with van der Waals surface area (Å²) in [5.74, 6) is 0.0714. The Morgan fingerprint density at radius 2 is 1.86 bits per heavy atom. The number of esters is 1. The molecule has 2 heterocycles. The number of hydrogen-bond acceptors (Lipinski definition) is 6. The second kappa shape index (κ2) is 8.03. The van der Waals surface area contributed by atoms with E-state index in [0.717, 1.165) is 10.9 Å². The second-order valence-corrected chi connectivity index (χ2v) is 8.27. The average Bonchev–Trinajstić information content (AvgIpc) is 2.69. The number of benzene rings is 1. The number of fused-ring (bicyclic) bond motifs is 1. The lowest BCUT2D eigenvalue weighted by atomic mass is 9.97. The first-order valence-electron chi connectivity index (χ1n) is 9.49. The van der Waals surface area contributed by atoms with Gasteiger partial charge in [-0.3, -0.25) is 9.36 Å². The summed E-state index contributed by atoms with van der Waals surface area (Å²) >= 11 is 0. The zero-order valence-corrected chi connectivity index (χ0v) is 17.4. The number of anilines is 1. The minimum atomic E-state index is -0.369. The molecule has 3 rings (SSSR count). The van der Waals surface area contributed by atoms with Crippen LogP contribution in [0.2, 0.25) is 0 Å². The van der Waals surface area contributed by atoms with Crippen molar-refractivity contribution < 1.29 is 9.53 Å². The van der Waals surface area contributed by atoms with Crippen LogP contribution in [0.25, 0.3) is 11.0 Å². The fourth-order valence-corrected chi connectivity index (χ4v) is 3.07. The second-order valence-electron chi connectivity index (χ2n) is 8.27. The highest BCUT2D eigenvalue weighted by molar-refractivity contribution is 5.89. The van der Waals surface area contributed by atoms with Crippen molar-refractivity contribution in [1.82, 2.24) is 14.5 Å². The van der Waals surface area contributed by atoms with Gasteiger partial charge in [0.1, 0.15) is 5.65 Å². The maximum atomic E-state index is 12.4. The van der Waals surface area contributed by atoms with Crippen LogP contribution in [0.4, 0.5) is 5.95 Å². The lowest BCUT2D eigenvalue weighted by molar-refractivity contribution is 0.0600. The normalized spacial score (nSPS) is 12.6. The maximum absolute atomic E-state index is 12.4. The quantitative estimate of drug-likeness (QED) is 0.663. The first kappa shape index (κ1) is 20.5. The zero-order valence-electron chi connectivity index (χ0n) is 17.4. The highest BCUT2D eigenvalue weighted by Gasteiger charge is 2.16. The van der Waals surface area contributed by atoms with E-state index in [9.17, 15) is 9.59 Å². The number of ether oxygens (including phenoxy) is 1. The number of hydrogen-bond donors (Lipinski definition) is 1. The Morgan fingerprint density at radius 1 is 1.17 bits per heavy atom. The zero-order chi connectivity index (χ0) is 21.2. The van der Waals surface area contributed by atoms with Crippen molar-refractivity contribution in [2.24, 2.45) is 5.41 Å². The van der Waals surface area contributed by atoms with E-state index in [0.29, 0.717) is 23.7 Å². The summed E-state index contributed by atoms with van der Waals surface area (Å²) in [6, 6.07) is 10.4. The SMILES string of the molecule is COC(=O)c1ccc(C(C)Nc2ncc3ccc(=O)n(CC(C)(C)C)c3n2)cc1. The van der Waals surface area contributed by atoms with Crippen molar-refractivity contribution in [3.8, 4) is 0 Å². The van der Waals surface area contributed by atoms with Gasteiger partial charge in [-0.05, 0) is 36.1 Å². The van der Waals surface area contributed by atoms with Crippen molar-refractivity contribution in [3.63, 3.8) is 0 Å². The Labute approximate surface area is 169 Å². The van der Waals surface area contributed by atoms with Crippen molar-refractivity contribution in [3.05, 3.63) is 64.1 Å². The van der Waals surface area contributed by atoms with Gasteiger partial charge in [0.15, 0.2) is 0 Å². The van der Waals surface area contributed by atoms with Crippen molar-refractivity contribution >= 4 is 23.0 Å². The molecule has 0 amide bonds. The molecular formula is C22H26N4O3. The van der Waals surface area contributed by atoms with Gasteiger partial charge in [0.05, 0.1) is 18.7 Å². The highest BCUT2D eigenvalue weighted by atomic mass is 16.5. The minimum Gasteiger partial charge on any atom is -0.465 e. The van der Waals surface area contributed by atoms with Gasteiger partial charge in [-0.1, -0.05) is 32.9 Å². The minimum absolute atomic E-state index is 0.0642. The third kappa shape index (κ3) is 4.80. The van der Waals surface area contributed by atoms with Gasteiger partial charge in [-0.25, -0.2) is 9.78 Å². The molecule has 1 atom stereocenters. The van der Waals surface area contributed by atoms with Gasteiger partial charge >= 0.3 is 5.97 Å². The summed E-state index contributed by atoms with van der Waals surface area (Å²) in [5.41, 5.74) is 1.94. The first-order valence-corrected chi connectivity index (χ1v) is 9.49. The summed E-state index contributed by atoms with van der Waals surface area (Å²) in [6.07, 6.45) is 1.72. The molecule has 7 nitrogen and oxygen atoms in total. The molecule has 3 aromatic rings. The molecule has 1 unspecified atom stereocenters. The lowest BCUT2D eigenvalue weighted by Crippen LogP contribution is -2.27. The van der Waals surface area contributed by atoms with Crippen LogP contribution in [0.15, 0.2) is 47.4 Å². The largest absolute Gasteiger partial charge is 0.465 e. The van der Waals surface area contributed by atoms with Gasteiger partial charge < -0.3 is 10.1 Å². The number of nitrogens with zero attached hydrogens (tertiary/aromatic N) is 3. The Hall–Kier alpha value is -3.22. The average molecular weight is 394 g/mol. The highest BCUT2D eigenvalue weighted by Crippen LogP contribution is 2.21. The predicted octanol–water partition coefficient (Wildman–Crippen LogP) is 3.80. The molecule has 0 saturated heterocycles. The monoisotopic (exact) mass is 394 g/mol. The number of pyridine rings is 1.